The summed E-state index contributed by atoms with van der Waals surface area (Å²) in [5, 5.41) is 3.42. The van der Waals surface area contributed by atoms with Gasteiger partial charge in [-0.2, -0.15) is 0 Å². The maximum Gasteiger partial charge on any atom is 0.0590 e. The largest absolute Gasteiger partial charge is 0.380 e. The average molecular weight is 234 g/mol. The zero-order chi connectivity index (χ0) is 11.1. The highest BCUT2D eigenvalue weighted by Crippen LogP contribution is 2.45. The second-order valence-corrected chi connectivity index (χ2v) is 5.37. The molecular weight excluding hydrogens is 210 g/mol. The molecule has 1 rings (SSSR count). The van der Waals surface area contributed by atoms with Crippen LogP contribution in [0.4, 0.5) is 0 Å². The van der Waals surface area contributed by atoms with Crippen LogP contribution < -0.4 is 5.32 Å². The van der Waals surface area contributed by atoms with E-state index in [0.29, 0.717) is 5.41 Å². The van der Waals surface area contributed by atoms with Crippen LogP contribution in [0.1, 0.15) is 33.1 Å². The van der Waals surface area contributed by atoms with Gasteiger partial charge in [0.1, 0.15) is 0 Å². The smallest absolute Gasteiger partial charge is 0.0590 e. The molecule has 0 unspecified atom stereocenters. The lowest BCUT2D eigenvalue weighted by atomic mass is 10.1. The van der Waals surface area contributed by atoms with Crippen LogP contribution in [0.25, 0.3) is 0 Å². The highest BCUT2D eigenvalue weighted by Gasteiger charge is 2.40. The molecule has 0 heterocycles. The fraction of sp³-hybridized carbons (Fsp3) is 1.00. The normalized spacial score (nSPS) is 18.4. The van der Waals surface area contributed by atoms with Crippen molar-refractivity contribution in [1.29, 1.82) is 0 Å². The van der Waals surface area contributed by atoms with E-state index < -0.39 is 0 Å². The molecule has 0 aromatic heterocycles. The SMILES string of the molecule is CC(C)CCOCCNCC1(CCl)CC1. The molecule has 0 radical (unpaired) electrons. The van der Waals surface area contributed by atoms with E-state index in [0.717, 1.165) is 44.5 Å². The van der Waals surface area contributed by atoms with Crippen molar-refractivity contribution in [2.75, 3.05) is 32.2 Å². The molecule has 0 aromatic carbocycles. The number of ether oxygens (including phenoxy) is 1. The van der Waals surface area contributed by atoms with Crippen LogP contribution >= 0.6 is 11.6 Å². The van der Waals surface area contributed by atoms with Gasteiger partial charge in [0.2, 0.25) is 0 Å². The summed E-state index contributed by atoms with van der Waals surface area (Å²) in [6.07, 6.45) is 3.74. The summed E-state index contributed by atoms with van der Waals surface area (Å²) in [5.74, 6) is 1.54. The van der Waals surface area contributed by atoms with Crippen molar-refractivity contribution in [3.8, 4) is 0 Å². The van der Waals surface area contributed by atoms with Crippen LogP contribution in [0.3, 0.4) is 0 Å². The van der Waals surface area contributed by atoms with E-state index in [1.807, 2.05) is 0 Å². The number of rotatable bonds is 9. The Hall–Kier alpha value is 0.210. The Kier molecular flexibility index (Phi) is 5.95. The van der Waals surface area contributed by atoms with E-state index in [1.165, 1.54) is 12.8 Å². The van der Waals surface area contributed by atoms with Crippen molar-refractivity contribution in [2.45, 2.75) is 33.1 Å². The van der Waals surface area contributed by atoms with Crippen molar-refractivity contribution in [2.24, 2.45) is 11.3 Å². The van der Waals surface area contributed by atoms with Gasteiger partial charge in [-0.3, -0.25) is 0 Å². The van der Waals surface area contributed by atoms with E-state index in [-0.39, 0.29) is 0 Å². The molecule has 0 atom stereocenters. The molecular formula is C12H24ClNO. The number of hydrogen-bond donors (Lipinski definition) is 1. The summed E-state index contributed by atoms with van der Waals surface area (Å²) >= 11 is 5.88. The monoisotopic (exact) mass is 233 g/mol. The first-order valence-electron chi connectivity index (χ1n) is 6.03. The molecule has 2 nitrogen and oxygen atoms in total. The zero-order valence-electron chi connectivity index (χ0n) is 10.0. The van der Waals surface area contributed by atoms with Gasteiger partial charge in [0.25, 0.3) is 0 Å². The van der Waals surface area contributed by atoms with Crippen molar-refractivity contribution in [3.63, 3.8) is 0 Å². The van der Waals surface area contributed by atoms with Gasteiger partial charge in [-0.25, -0.2) is 0 Å². The van der Waals surface area contributed by atoms with Crippen LogP contribution in [-0.4, -0.2) is 32.2 Å². The second kappa shape index (κ2) is 6.72. The Morgan fingerprint density at radius 1 is 1.33 bits per heavy atom. The molecule has 90 valence electrons. The third-order valence-corrected chi connectivity index (χ3v) is 3.57. The van der Waals surface area contributed by atoms with Crippen molar-refractivity contribution >= 4 is 11.6 Å². The predicted molar refractivity (Wildman–Crippen MR) is 65.5 cm³/mol. The van der Waals surface area contributed by atoms with Gasteiger partial charge in [-0.05, 0) is 30.6 Å². The van der Waals surface area contributed by atoms with Gasteiger partial charge in [0, 0.05) is 25.6 Å². The minimum Gasteiger partial charge on any atom is -0.380 e. The van der Waals surface area contributed by atoms with Gasteiger partial charge in [-0.15, -0.1) is 11.6 Å². The van der Waals surface area contributed by atoms with Gasteiger partial charge in [-0.1, -0.05) is 13.8 Å². The highest BCUT2D eigenvalue weighted by molar-refractivity contribution is 6.18. The Labute approximate surface area is 98.7 Å². The summed E-state index contributed by atoms with van der Waals surface area (Å²) in [5.41, 5.74) is 0.430. The molecule has 15 heavy (non-hydrogen) atoms. The number of nitrogens with one attached hydrogen (secondary N) is 1. The fourth-order valence-electron chi connectivity index (χ4n) is 1.45. The summed E-state index contributed by atoms with van der Waals surface area (Å²) in [4.78, 5) is 0. The van der Waals surface area contributed by atoms with Gasteiger partial charge in [0.05, 0.1) is 6.61 Å². The van der Waals surface area contributed by atoms with E-state index in [2.05, 4.69) is 19.2 Å². The van der Waals surface area contributed by atoms with Crippen molar-refractivity contribution < 1.29 is 4.74 Å². The lowest BCUT2D eigenvalue weighted by Gasteiger charge is -2.12. The third kappa shape index (κ3) is 5.74. The molecule has 3 heteroatoms. The molecule has 0 bridgehead atoms. The lowest BCUT2D eigenvalue weighted by molar-refractivity contribution is 0.124. The van der Waals surface area contributed by atoms with E-state index in [4.69, 9.17) is 16.3 Å². The van der Waals surface area contributed by atoms with Crippen LogP contribution in [0.15, 0.2) is 0 Å². The Morgan fingerprint density at radius 3 is 2.60 bits per heavy atom. The summed E-state index contributed by atoms with van der Waals surface area (Å²) in [6, 6.07) is 0. The molecule has 1 N–H and O–H groups in total. The first-order valence-corrected chi connectivity index (χ1v) is 6.56. The summed E-state index contributed by atoms with van der Waals surface area (Å²) in [7, 11) is 0. The lowest BCUT2D eigenvalue weighted by Crippen LogP contribution is -2.28. The van der Waals surface area contributed by atoms with Gasteiger partial charge in [0.15, 0.2) is 0 Å². The molecule has 0 aromatic rings. The van der Waals surface area contributed by atoms with Crippen LogP contribution in [0.5, 0.6) is 0 Å². The molecule has 1 aliphatic rings. The van der Waals surface area contributed by atoms with E-state index >= 15 is 0 Å². The topological polar surface area (TPSA) is 21.3 Å². The quantitative estimate of drug-likeness (QED) is 0.489. The van der Waals surface area contributed by atoms with Crippen LogP contribution in [0, 0.1) is 11.3 Å². The van der Waals surface area contributed by atoms with Crippen molar-refractivity contribution in [3.05, 3.63) is 0 Å². The Bertz CT molecular complexity index is 169. The zero-order valence-corrected chi connectivity index (χ0v) is 10.8. The standard InChI is InChI=1S/C12H24ClNO/c1-11(2)3-7-15-8-6-14-10-12(9-13)4-5-12/h11,14H,3-10H2,1-2H3. The van der Waals surface area contributed by atoms with E-state index in [1.54, 1.807) is 0 Å². The molecule has 1 fully saturated rings. The van der Waals surface area contributed by atoms with Crippen LogP contribution in [-0.2, 0) is 4.74 Å². The number of alkyl halides is 1. The van der Waals surface area contributed by atoms with Crippen molar-refractivity contribution in [1.82, 2.24) is 5.32 Å². The van der Waals surface area contributed by atoms with Gasteiger partial charge < -0.3 is 10.1 Å². The highest BCUT2D eigenvalue weighted by atomic mass is 35.5. The molecule has 0 amide bonds. The molecule has 1 saturated carbocycles. The molecule has 0 spiro atoms. The first kappa shape index (κ1) is 13.3. The fourth-order valence-corrected chi connectivity index (χ4v) is 1.82. The maximum absolute atomic E-state index is 5.88. The number of halogens is 1. The Morgan fingerprint density at radius 2 is 2.07 bits per heavy atom. The Balaban J connectivity index is 1.81. The summed E-state index contributed by atoms with van der Waals surface area (Å²) < 4.78 is 5.52. The summed E-state index contributed by atoms with van der Waals surface area (Å²) in [6.45, 7) is 8.17. The predicted octanol–water partition coefficient (Wildman–Crippen LogP) is 2.66. The first-order chi connectivity index (χ1) is 7.18. The van der Waals surface area contributed by atoms with E-state index in [9.17, 15) is 0 Å². The third-order valence-electron chi connectivity index (χ3n) is 3.00. The van der Waals surface area contributed by atoms with Crippen LogP contribution in [0.2, 0.25) is 0 Å². The molecule has 0 saturated heterocycles. The average Bonchev–Trinajstić information content (AvgIpc) is 2.97. The second-order valence-electron chi connectivity index (χ2n) is 5.11. The van der Waals surface area contributed by atoms with Gasteiger partial charge >= 0.3 is 0 Å². The molecule has 0 aliphatic heterocycles. The number of hydrogen-bond acceptors (Lipinski definition) is 2. The minimum atomic E-state index is 0.430. The maximum atomic E-state index is 5.88. The minimum absolute atomic E-state index is 0.430. The molecule has 1 aliphatic carbocycles.